The number of ether oxygens (including phenoxy) is 1. The Morgan fingerprint density at radius 3 is 2.56 bits per heavy atom. The standard InChI is InChI=1S/C21H32N4O2/c1-5-7-9-18(17(3)6-2)23-20(22-4)16-24-11-13-25(14-12-24)21(26)19-10-8-15-27-19/h5-7,9,19H,4,8,10-16H2,1-3H3/b7-5-,17-6-,18-9+,23-20?. The molecule has 0 aromatic carbocycles. The van der Waals surface area contributed by atoms with Crippen LogP contribution in [0.1, 0.15) is 33.6 Å². The van der Waals surface area contributed by atoms with Crippen molar-refractivity contribution in [3.8, 4) is 0 Å². The predicted octanol–water partition coefficient (Wildman–Crippen LogP) is 2.83. The van der Waals surface area contributed by atoms with E-state index in [4.69, 9.17) is 9.73 Å². The molecule has 0 radical (unpaired) electrons. The van der Waals surface area contributed by atoms with Crippen LogP contribution in [0.4, 0.5) is 0 Å². The van der Waals surface area contributed by atoms with Crippen LogP contribution < -0.4 is 0 Å². The number of amidine groups is 1. The second-order valence-corrected chi connectivity index (χ2v) is 6.84. The highest BCUT2D eigenvalue weighted by Gasteiger charge is 2.30. The first-order valence-electron chi connectivity index (χ1n) is 9.72. The molecule has 0 spiro atoms. The number of allylic oxidation sites excluding steroid dienone is 5. The maximum atomic E-state index is 12.4. The van der Waals surface area contributed by atoms with Crippen molar-refractivity contribution in [1.82, 2.24) is 9.80 Å². The van der Waals surface area contributed by atoms with Gasteiger partial charge >= 0.3 is 0 Å². The molecule has 0 N–H and O–H groups in total. The molecule has 2 rings (SSSR count). The summed E-state index contributed by atoms with van der Waals surface area (Å²) in [5.74, 6) is 0.842. The number of hydrogen-bond donors (Lipinski definition) is 0. The Bertz CT molecular complexity index is 635. The van der Waals surface area contributed by atoms with Gasteiger partial charge in [0, 0.05) is 32.8 Å². The molecule has 0 aromatic rings. The van der Waals surface area contributed by atoms with Gasteiger partial charge in [-0.15, -0.1) is 0 Å². The summed E-state index contributed by atoms with van der Waals surface area (Å²) in [6, 6.07) is 0. The lowest BCUT2D eigenvalue weighted by Crippen LogP contribution is -2.52. The minimum absolute atomic E-state index is 0.142. The number of nitrogens with zero attached hydrogens (tertiary/aromatic N) is 4. The molecule has 0 aromatic heterocycles. The summed E-state index contributed by atoms with van der Waals surface area (Å²) in [7, 11) is 0. The number of carbonyl (C=O) groups is 1. The molecule has 2 fully saturated rings. The molecule has 0 bridgehead atoms. The first-order valence-corrected chi connectivity index (χ1v) is 9.72. The van der Waals surface area contributed by atoms with Crippen molar-refractivity contribution in [2.75, 3.05) is 39.3 Å². The van der Waals surface area contributed by atoms with Gasteiger partial charge in [0.2, 0.25) is 0 Å². The zero-order valence-corrected chi connectivity index (χ0v) is 16.9. The molecule has 27 heavy (non-hydrogen) atoms. The molecule has 2 aliphatic rings. The summed E-state index contributed by atoms with van der Waals surface area (Å²) in [6.45, 7) is 14.1. The van der Waals surface area contributed by atoms with Gasteiger partial charge in [-0.2, -0.15) is 0 Å². The number of amides is 1. The zero-order chi connectivity index (χ0) is 19.6. The molecule has 6 heteroatoms. The third kappa shape index (κ3) is 6.26. The fraction of sp³-hybridized carbons (Fsp3) is 0.571. The van der Waals surface area contributed by atoms with E-state index in [9.17, 15) is 4.79 Å². The van der Waals surface area contributed by atoms with E-state index in [-0.39, 0.29) is 12.0 Å². The third-order valence-electron chi connectivity index (χ3n) is 4.97. The van der Waals surface area contributed by atoms with Gasteiger partial charge in [-0.1, -0.05) is 18.2 Å². The van der Waals surface area contributed by atoms with E-state index in [1.807, 2.05) is 50.0 Å². The second kappa shape index (κ2) is 10.9. The average molecular weight is 373 g/mol. The maximum Gasteiger partial charge on any atom is 0.251 e. The number of aliphatic imine (C=N–C) groups is 2. The van der Waals surface area contributed by atoms with Crippen LogP contribution in [0.5, 0.6) is 0 Å². The Hall–Kier alpha value is -2.05. The van der Waals surface area contributed by atoms with Crippen LogP contribution >= 0.6 is 0 Å². The summed E-state index contributed by atoms with van der Waals surface area (Å²) in [6.07, 6.45) is 9.57. The Kier molecular flexibility index (Phi) is 8.61. The summed E-state index contributed by atoms with van der Waals surface area (Å²) < 4.78 is 5.52. The van der Waals surface area contributed by atoms with Gasteiger partial charge in [0.1, 0.15) is 11.9 Å². The maximum absolute atomic E-state index is 12.4. The Morgan fingerprint density at radius 2 is 2.00 bits per heavy atom. The van der Waals surface area contributed by atoms with E-state index in [0.717, 1.165) is 50.3 Å². The first-order chi connectivity index (χ1) is 13.1. The lowest BCUT2D eigenvalue weighted by molar-refractivity contribution is -0.142. The van der Waals surface area contributed by atoms with Crippen molar-refractivity contribution in [2.45, 2.75) is 39.7 Å². The Balaban J connectivity index is 1.95. The van der Waals surface area contributed by atoms with Crippen molar-refractivity contribution >= 4 is 18.5 Å². The summed E-state index contributed by atoms with van der Waals surface area (Å²) in [4.78, 5) is 25.5. The molecule has 2 aliphatic heterocycles. The van der Waals surface area contributed by atoms with Crippen molar-refractivity contribution in [3.05, 3.63) is 35.6 Å². The molecule has 2 heterocycles. The molecule has 0 aliphatic carbocycles. The monoisotopic (exact) mass is 372 g/mol. The van der Waals surface area contributed by atoms with Crippen molar-refractivity contribution in [3.63, 3.8) is 0 Å². The van der Waals surface area contributed by atoms with Crippen molar-refractivity contribution in [1.29, 1.82) is 0 Å². The molecule has 148 valence electrons. The molecular weight excluding hydrogens is 340 g/mol. The van der Waals surface area contributed by atoms with Crippen molar-refractivity contribution < 1.29 is 9.53 Å². The fourth-order valence-corrected chi connectivity index (χ4v) is 3.15. The lowest BCUT2D eigenvalue weighted by Gasteiger charge is -2.35. The van der Waals surface area contributed by atoms with E-state index in [1.165, 1.54) is 0 Å². The molecule has 0 saturated carbocycles. The van der Waals surface area contributed by atoms with Crippen LogP contribution in [0.25, 0.3) is 0 Å². The van der Waals surface area contributed by atoms with E-state index in [1.54, 1.807) is 0 Å². The fourth-order valence-electron chi connectivity index (χ4n) is 3.15. The minimum Gasteiger partial charge on any atom is -0.368 e. The van der Waals surface area contributed by atoms with Gasteiger partial charge in [0.05, 0.1) is 12.2 Å². The average Bonchev–Trinajstić information content (AvgIpc) is 3.24. The van der Waals surface area contributed by atoms with Gasteiger partial charge in [-0.05, 0) is 52.0 Å². The van der Waals surface area contributed by atoms with Gasteiger partial charge in [-0.3, -0.25) is 9.69 Å². The molecule has 6 nitrogen and oxygen atoms in total. The highest BCUT2D eigenvalue weighted by molar-refractivity contribution is 5.89. The lowest BCUT2D eigenvalue weighted by atomic mass is 10.2. The third-order valence-corrected chi connectivity index (χ3v) is 4.97. The number of hydrogen-bond acceptors (Lipinski definition) is 4. The van der Waals surface area contributed by atoms with Crippen LogP contribution in [0, 0.1) is 0 Å². The topological polar surface area (TPSA) is 57.5 Å². The number of piperazine rings is 1. The van der Waals surface area contributed by atoms with Gasteiger partial charge < -0.3 is 9.64 Å². The summed E-state index contributed by atoms with van der Waals surface area (Å²) in [5.41, 5.74) is 1.99. The molecule has 2 saturated heterocycles. The van der Waals surface area contributed by atoms with Crippen LogP contribution in [0.2, 0.25) is 0 Å². The number of carbonyl (C=O) groups excluding carboxylic acids is 1. The van der Waals surface area contributed by atoms with Crippen LogP contribution in [0.15, 0.2) is 45.6 Å². The van der Waals surface area contributed by atoms with E-state index in [2.05, 4.69) is 16.6 Å². The highest BCUT2D eigenvalue weighted by Crippen LogP contribution is 2.16. The SMILES string of the molecule is C=NC(CN1CCN(C(=O)C2CCCO2)CC1)=NC(=C/C=C\C)/C(C)=C\C. The normalized spacial score (nSPS) is 23.3. The summed E-state index contributed by atoms with van der Waals surface area (Å²) >= 11 is 0. The quantitative estimate of drug-likeness (QED) is 0.409. The van der Waals surface area contributed by atoms with Gasteiger partial charge in [0.15, 0.2) is 0 Å². The molecule has 1 atom stereocenters. The van der Waals surface area contributed by atoms with Crippen LogP contribution in [0.3, 0.4) is 0 Å². The molecule has 1 amide bonds. The highest BCUT2D eigenvalue weighted by atomic mass is 16.5. The number of rotatable bonds is 6. The van der Waals surface area contributed by atoms with Crippen LogP contribution in [-0.4, -0.2) is 73.7 Å². The Labute approximate surface area is 163 Å². The summed E-state index contributed by atoms with van der Waals surface area (Å²) in [5, 5.41) is 0. The van der Waals surface area contributed by atoms with Crippen molar-refractivity contribution in [2.24, 2.45) is 9.98 Å². The van der Waals surface area contributed by atoms with Gasteiger partial charge in [0.25, 0.3) is 5.91 Å². The van der Waals surface area contributed by atoms with E-state index < -0.39 is 0 Å². The van der Waals surface area contributed by atoms with E-state index >= 15 is 0 Å². The molecule has 1 unspecified atom stereocenters. The second-order valence-electron chi connectivity index (χ2n) is 6.84. The first kappa shape index (κ1) is 21.3. The van der Waals surface area contributed by atoms with Crippen LogP contribution in [-0.2, 0) is 9.53 Å². The van der Waals surface area contributed by atoms with E-state index in [0.29, 0.717) is 19.0 Å². The smallest absolute Gasteiger partial charge is 0.251 e. The minimum atomic E-state index is -0.230. The Morgan fingerprint density at radius 1 is 1.26 bits per heavy atom. The zero-order valence-electron chi connectivity index (χ0n) is 16.9. The predicted molar refractivity (Wildman–Crippen MR) is 111 cm³/mol. The van der Waals surface area contributed by atoms with Gasteiger partial charge in [-0.25, -0.2) is 9.98 Å². The molecular formula is C21H32N4O2. The largest absolute Gasteiger partial charge is 0.368 e.